The van der Waals surface area contributed by atoms with Crippen LogP contribution in [0.4, 0.5) is 19.0 Å². The number of piperidine rings is 1. The zero-order valence-corrected chi connectivity index (χ0v) is 15.6. The maximum absolute atomic E-state index is 12.8. The lowest BCUT2D eigenvalue weighted by Crippen LogP contribution is -2.39. The van der Waals surface area contributed by atoms with Gasteiger partial charge in [0.05, 0.1) is 6.54 Å². The number of fused-ring (bicyclic) bond motifs is 1. The fourth-order valence-corrected chi connectivity index (χ4v) is 3.90. The molecule has 0 saturated carbocycles. The normalized spacial score (nSPS) is 19.2. The summed E-state index contributed by atoms with van der Waals surface area (Å²) in [5.74, 6) is 2.34. The van der Waals surface area contributed by atoms with Crippen LogP contribution in [0.5, 0.6) is 0 Å². The first-order valence-corrected chi connectivity index (χ1v) is 9.78. The first-order valence-electron chi connectivity index (χ1n) is 9.78. The molecule has 2 aromatic heterocycles. The van der Waals surface area contributed by atoms with E-state index in [2.05, 4.69) is 34.9 Å². The fraction of sp³-hybridized carbons (Fsp3) is 0.667. The lowest BCUT2D eigenvalue weighted by Gasteiger charge is -2.32. The topological polar surface area (TPSA) is 71.8 Å². The number of nitrogens with zero attached hydrogens (tertiary/aromatic N) is 6. The van der Waals surface area contributed by atoms with E-state index in [-0.39, 0.29) is 11.9 Å². The van der Waals surface area contributed by atoms with Gasteiger partial charge in [-0.05, 0) is 25.7 Å². The van der Waals surface area contributed by atoms with Crippen molar-refractivity contribution in [2.24, 2.45) is 0 Å². The highest BCUT2D eigenvalue weighted by Crippen LogP contribution is 2.28. The number of nitrogens with one attached hydrogen (secondary N) is 1. The SMILES string of the molecule is FC(F)(F)c1cc(NC2CCN(Cc3nnc4n3CCCCC4)CC2)ncn1. The van der Waals surface area contributed by atoms with Gasteiger partial charge >= 0.3 is 6.18 Å². The molecular formula is C18H24F3N7. The highest BCUT2D eigenvalue weighted by Gasteiger charge is 2.33. The molecule has 2 aromatic rings. The number of aryl methyl sites for hydroxylation is 1. The van der Waals surface area contributed by atoms with E-state index in [1.807, 2.05) is 0 Å². The summed E-state index contributed by atoms with van der Waals surface area (Å²) in [4.78, 5) is 9.56. The van der Waals surface area contributed by atoms with Crippen LogP contribution in [0.2, 0.25) is 0 Å². The lowest BCUT2D eigenvalue weighted by atomic mass is 10.1. The van der Waals surface area contributed by atoms with Gasteiger partial charge in [-0.15, -0.1) is 10.2 Å². The first-order chi connectivity index (χ1) is 13.5. The van der Waals surface area contributed by atoms with Crippen LogP contribution in [0.3, 0.4) is 0 Å². The lowest BCUT2D eigenvalue weighted by molar-refractivity contribution is -0.141. The van der Waals surface area contributed by atoms with Crippen molar-refractivity contribution in [2.75, 3.05) is 18.4 Å². The Labute approximate surface area is 161 Å². The Bertz CT molecular complexity index is 797. The summed E-state index contributed by atoms with van der Waals surface area (Å²) >= 11 is 0. The number of aromatic nitrogens is 5. The van der Waals surface area contributed by atoms with Gasteiger partial charge in [0.2, 0.25) is 0 Å². The highest BCUT2D eigenvalue weighted by molar-refractivity contribution is 5.36. The number of halogens is 3. The Balaban J connectivity index is 1.31. The summed E-state index contributed by atoms with van der Waals surface area (Å²) in [5, 5.41) is 11.9. The molecule has 10 heteroatoms. The summed E-state index contributed by atoms with van der Waals surface area (Å²) in [6, 6.07) is 1.07. The molecule has 0 unspecified atom stereocenters. The number of alkyl halides is 3. The van der Waals surface area contributed by atoms with Crippen LogP contribution in [0, 0.1) is 0 Å². The molecule has 2 aliphatic heterocycles. The van der Waals surface area contributed by atoms with Crippen molar-refractivity contribution in [3.05, 3.63) is 29.7 Å². The standard InChI is InChI=1S/C18H24F3N7/c19-18(20,21)14-10-15(23-12-22-14)24-13-5-8-27(9-6-13)11-17-26-25-16-4-2-1-3-7-28(16)17/h10,12-13H,1-9,11H2,(H,22,23,24). The third-order valence-electron chi connectivity index (χ3n) is 5.45. The van der Waals surface area contributed by atoms with Crippen LogP contribution in [0.25, 0.3) is 0 Å². The second-order valence-electron chi connectivity index (χ2n) is 7.48. The van der Waals surface area contributed by atoms with E-state index in [4.69, 9.17) is 0 Å². The van der Waals surface area contributed by atoms with Gasteiger partial charge in [0, 0.05) is 38.2 Å². The van der Waals surface area contributed by atoms with E-state index in [0.29, 0.717) is 0 Å². The third-order valence-corrected chi connectivity index (χ3v) is 5.45. The average Bonchev–Trinajstić information content (AvgIpc) is 2.89. The van der Waals surface area contributed by atoms with E-state index in [1.165, 1.54) is 19.3 Å². The summed E-state index contributed by atoms with van der Waals surface area (Å²) in [5.41, 5.74) is -0.921. The number of rotatable bonds is 4. The molecule has 0 radical (unpaired) electrons. The quantitative estimate of drug-likeness (QED) is 0.858. The molecule has 152 valence electrons. The molecule has 7 nitrogen and oxygen atoms in total. The molecule has 1 saturated heterocycles. The molecule has 1 N–H and O–H groups in total. The Hall–Kier alpha value is -2.23. The Kier molecular flexibility index (Phi) is 5.47. The van der Waals surface area contributed by atoms with E-state index < -0.39 is 11.9 Å². The van der Waals surface area contributed by atoms with E-state index in [0.717, 1.165) is 69.5 Å². The number of hydrogen-bond donors (Lipinski definition) is 1. The summed E-state index contributed by atoms with van der Waals surface area (Å²) < 4.78 is 40.6. The van der Waals surface area contributed by atoms with Crippen molar-refractivity contribution >= 4 is 5.82 Å². The van der Waals surface area contributed by atoms with Gasteiger partial charge in [-0.1, -0.05) is 6.42 Å². The second-order valence-corrected chi connectivity index (χ2v) is 7.48. The largest absolute Gasteiger partial charge is 0.433 e. The van der Waals surface area contributed by atoms with Gasteiger partial charge in [-0.2, -0.15) is 13.2 Å². The van der Waals surface area contributed by atoms with Crippen LogP contribution >= 0.6 is 0 Å². The van der Waals surface area contributed by atoms with Crippen LogP contribution in [0.15, 0.2) is 12.4 Å². The molecule has 0 aliphatic carbocycles. The molecule has 0 bridgehead atoms. The smallest absolute Gasteiger partial charge is 0.367 e. The van der Waals surface area contributed by atoms with Crippen molar-refractivity contribution in [1.82, 2.24) is 29.6 Å². The van der Waals surface area contributed by atoms with E-state index in [9.17, 15) is 13.2 Å². The second kappa shape index (κ2) is 8.02. The van der Waals surface area contributed by atoms with Gasteiger partial charge in [0.1, 0.15) is 29.5 Å². The van der Waals surface area contributed by atoms with E-state index in [1.54, 1.807) is 0 Å². The summed E-state index contributed by atoms with van der Waals surface area (Å²) in [6.07, 6.45) is 2.75. The van der Waals surface area contributed by atoms with Crippen molar-refractivity contribution < 1.29 is 13.2 Å². The molecule has 0 spiro atoms. The molecular weight excluding hydrogens is 371 g/mol. The predicted octanol–water partition coefficient (Wildman–Crippen LogP) is 2.89. The average molecular weight is 395 g/mol. The van der Waals surface area contributed by atoms with E-state index >= 15 is 0 Å². The Morgan fingerprint density at radius 1 is 1.04 bits per heavy atom. The van der Waals surface area contributed by atoms with Crippen LogP contribution in [0.1, 0.15) is 49.4 Å². The zero-order chi connectivity index (χ0) is 19.6. The van der Waals surface area contributed by atoms with Crippen molar-refractivity contribution in [2.45, 2.75) is 63.8 Å². The van der Waals surface area contributed by atoms with Gasteiger partial charge in [0.25, 0.3) is 0 Å². The molecule has 0 amide bonds. The Morgan fingerprint density at radius 3 is 2.64 bits per heavy atom. The number of anilines is 1. The van der Waals surface area contributed by atoms with Crippen molar-refractivity contribution in [1.29, 1.82) is 0 Å². The molecule has 28 heavy (non-hydrogen) atoms. The summed E-state index contributed by atoms with van der Waals surface area (Å²) in [7, 11) is 0. The molecule has 4 rings (SSSR count). The first kappa shape index (κ1) is 19.1. The van der Waals surface area contributed by atoms with Gasteiger partial charge in [-0.3, -0.25) is 4.90 Å². The van der Waals surface area contributed by atoms with Gasteiger partial charge < -0.3 is 9.88 Å². The zero-order valence-electron chi connectivity index (χ0n) is 15.6. The maximum atomic E-state index is 12.8. The minimum atomic E-state index is -4.46. The monoisotopic (exact) mass is 395 g/mol. The van der Waals surface area contributed by atoms with Gasteiger partial charge in [-0.25, -0.2) is 9.97 Å². The molecule has 0 atom stereocenters. The van der Waals surface area contributed by atoms with Crippen LogP contribution in [-0.4, -0.2) is 48.8 Å². The van der Waals surface area contributed by atoms with Crippen molar-refractivity contribution in [3.8, 4) is 0 Å². The minimum Gasteiger partial charge on any atom is -0.367 e. The molecule has 2 aliphatic rings. The van der Waals surface area contributed by atoms with Gasteiger partial charge in [0.15, 0.2) is 0 Å². The highest BCUT2D eigenvalue weighted by atomic mass is 19.4. The maximum Gasteiger partial charge on any atom is 0.433 e. The summed E-state index contributed by atoms with van der Waals surface area (Å²) in [6.45, 7) is 3.48. The fourth-order valence-electron chi connectivity index (χ4n) is 3.90. The Morgan fingerprint density at radius 2 is 1.86 bits per heavy atom. The minimum absolute atomic E-state index is 0.0998. The number of likely N-dealkylation sites (tertiary alicyclic amines) is 1. The molecule has 4 heterocycles. The molecule has 1 fully saturated rings. The van der Waals surface area contributed by atoms with Crippen LogP contribution < -0.4 is 5.32 Å². The van der Waals surface area contributed by atoms with Crippen molar-refractivity contribution in [3.63, 3.8) is 0 Å². The third kappa shape index (κ3) is 4.43. The predicted molar refractivity (Wildman–Crippen MR) is 96.5 cm³/mol. The number of hydrogen-bond acceptors (Lipinski definition) is 6. The molecule has 0 aromatic carbocycles. The van der Waals surface area contributed by atoms with Crippen LogP contribution in [-0.2, 0) is 25.7 Å².